The van der Waals surface area contributed by atoms with Gasteiger partial charge in [-0.2, -0.15) is 0 Å². The molecule has 1 rings (SSSR count). The molecule has 0 aliphatic heterocycles. The van der Waals surface area contributed by atoms with Crippen LogP contribution >= 0.6 is 11.6 Å². The highest BCUT2D eigenvalue weighted by molar-refractivity contribution is 6.16. The first-order chi connectivity index (χ1) is 3.93. The quantitative estimate of drug-likeness (QED) is 0.521. The van der Waals surface area contributed by atoms with Gasteiger partial charge in [0.25, 0.3) is 0 Å². The lowest BCUT2D eigenvalue weighted by molar-refractivity contribution is 1.16. The smallest absolute Gasteiger partial charge is 0.0890 e. The summed E-state index contributed by atoms with van der Waals surface area (Å²) in [5.74, 6) is 0.470. The molecule has 8 heavy (non-hydrogen) atoms. The summed E-state index contributed by atoms with van der Waals surface area (Å²) in [6.07, 6.45) is 2.68. The molecule has 0 fully saturated rings. The fourth-order valence-electron chi connectivity index (χ4n) is 0.434. The van der Waals surface area contributed by atoms with Crippen LogP contribution in [0.4, 0.5) is 0 Å². The highest BCUT2D eigenvalue weighted by Crippen LogP contribution is 1.95. The Kier molecular flexibility index (Phi) is 1.86. The average Bonchev–Trinajstić information content (AvgIpc) is 1.90. The monoisotopic (exact) mass is 126 g/mol. The van der Waals surface area contributed by atoms with Crippen LogP contribution < -0.4 is 0 Å². The molecule has 0 spiro atoms. The number of hydrogen-bond acceptors (Lipinski definition) is 1. The van der Waals surface area contributed by atoms with Gasteiger partial charge in [0.15, 0.2) is 0 Å². The predicted octanol–water partition coefficient (Wildman–Crippen LogP) is 1.62. The first-order valence-electron chi connectivity index (χ1n) is 2.31. The Balaban J connectivity index is 2.83. The number of rotatable bonds is 1. The summed E-state index contributed by atoms with van der Waals surface area (Å²) < 4.78 is 0. The first kappa shape index (κ1) is 5.57. The second-order valence-corrected chi connectivity index (χ2v) is 1.66. The zero-order valence-corrected chi connectivity index (χ0v) is 5.02. The molecule has 0 N–H and O–H groups in total. The maximum atomic E-state index is 5.44. The van der Waals surface area contributed by atoms with Crippen LogP contribution in [0.1, 0.15) is 5.69 Å². The average molecular weight is 127 g/mol. The van der Waals surface area contributed by atoms with Crippen LogP contribution in [0, 0.1) is 6.20 Å². The van der Waals surface area contributed by atoms with Gasteiger partial charge in [0.1, 0.15) is 0 Å². The molecule has 1 heterocycles. The van der Waals surface area contributed by atoms with Crippen LogP contribution in [0.3, 0.4) is 0 Å². The number of pyridine rings is 1. The highest BCUT2D eigenvalue weighted by Gasteiger charge is 1.84. The Morgan fingerprint density at radius 3 is 3.00 bits per heavy atom. The van der Waals surface area contributed by atoms with Gasteiger partial charge in [-0.05, 0) is 12.1 Å². The largest absolute Gasteiger partial charge is 0.250 e. The van der Waals surface area contributed by atoms with E-state index in [1.165, 1.54) is 0 Å². The van der Waals surface area contributed by atoms with Crippen molar-refractivity contribution in [3.05, 3.63) is 30.1 Å². The number of halogens is 1. The molecule has 2 heteroatoms. The maximum absolute atomic E-state index is 5.44. The molecule has 1 nitrogen and oxygen atoms in total. The lowest BCUT2D eigenvalue weighted by Crippen LogP contribution is -1.79. The maximum Gasteiger partial charge on any atom is 0.0890 e. The van der Waals surface area contributed by atoms with E-state index in [4.69, 9.17) is 11.6 Å². The Hall–Kier alpha value is -0.560. The van der Waals surface area contributed by atoms with E-state index in [1.807, 2.05) is 12.1 Å². The molecule has 0 aliphatic carbocycles. The molecular weight excluding hydrogens is 122 g/mol. The lowest BCUT2D eigenvalue weighted by atomic mass is 10.4. The first-order valence-corrected chi connectivity index (χ1v) is 2.85. The molecule has 0 atom stereocenters. The van der Waals surface area contributed by atoms with Crippen LogP contribution in [-0.2, 0) is 5.88 Å². The van der Waals surface area contributed by atoms with Crippen molar-refractivity contribution < 1.29 is 0 Å². The van der Waals surface area contributed by atoms with E-state index >= 15 is 0 Å². The molecule has 0 aromatic carbocycles. The van der Waals surface area contributed by atoms with Crippen molar-refractivity contribution in [2.45, 2.75) is 5.88 Å². The molecule has 0 unspecified atom stereocenters. The molecule has 0 amide bonds. The van der Waals surface area contributed by atoms with Crippen molar-refractivity contribution >= 4 is 11.6 Å². The molecule has 1 aromatic heterocycles. The van der Waals surface area contributed by atoms with Crippen LogP contribution in [0.5, 0.6) is 0 Å². The summed E-state index contributed by atoms with van der Waals surface area (Å²) in [5, 5.41) is 0. The minimum atomic E-state index is 0.470. The van der Waals surface area contributed by atoms with E-state index < -0.39 is 0 Å². The van der Waals surface area contributed by atoms with Gasteiger partial charge in [0.05, 0.1) is 17.8 Å². The highest BCUT2D eigenvalue weighted by atomic mass is 35.5. The minimum absolute atomic E-state index is 0.470. The zero-order chi connectivity index (χ0) is 5.82. The molecule has 0 aliphatic rings. The van der Waals surface area contributed by atoms with Crippen molar-refractivity contribution in [2.24, 2.45) is 0 Å². The molecule has 0 saturated carbocycles. The summed E-state index contributed by atoms with van der Waals surface area (Å²) >= 11 is 5.44. The second kappa shape index (κ2) is 2.68. The minimum Gasteiger partial charge on any atom is -0.250 e. The SMILES string of the molecule is ClCc1ccc[c]n1. The number of aromatic nitrogens is 1. The van der Waals surface area contributed by atoms with E-state index in [9.17, 15) is 0 Å². The fraction of sp³-hybridized carbons (Fsp3) is 0.167. The Bertz CT molecular complexity index is 150. The van der Waals surface area contributed by atoms with Gasteiger partial charge in [-0.15, -0.1) is 11.6 Å². The number of nitrogens with zero attached hydrogens (tertiary/aromatic N) is 1. The third-order valence-electron chi connectivity index (χ3n) is 0.804. The van der Waals surface area contributed by atoms with Gasteiger partial charge in [-0.3, -0.25) is 0 Å². The molecule has 1 aromatic rings. The predicted molar refractivity (Wildman–Crippen MR) is 32.6 cm³/mol. The summed E-state index contributed by atoms with van der Waals surface area (Å²) in [6.45, 7) is 0. The number of alkyl halides is 1. The molecule has 41 valence electrons. The third-order valence-corrected chi connectivity index (χ3v) is 1.08. The van der Waals surface area contributed by atoms with Crippen molar-refractivity contribution in [2.75, 3.05) is 0 Å². The van der Waals surface area contributed by atoms with E-state index in [2.05, 4.69) is 11.2 Å². The van der Waals surface area contributed by atoms with Crippen LogP contribution in [0.15, 0.2) is 18.2 Å². The normalized spacial score (nSPS) is 9.12. The van der Waals surface area contributed by atoms with Gasteiger partial charge in [-0.1, -0.05) is 6.07 Å². The van der Waals surface area contributed by atoms with Gasteiger partial charge < -0.3 is 0 Å². The summed E-state index contributed by atoms with van der Waals surface area (Å²) in [5.41, 5.74) is 0.870. The Morgan fingerprint density at radius 1 is 1.75 bits per heavy atom. The number of hydrogen-bond donors (Lipinski definition) is 0. The molecule has 0 saturated heterocycles. The van der Waals surface area contributed by atoms with E-state index in [-0.39, 0.29) is 0 Å². The van der Waals surface area contributed by atoms with Gasteiger partial charge in [-0.25, -0.2) is 4.98 Å². The van der Waals surface area contributed by atoms with Gasteiger partial charge in [0, 0.05) is 0 Å². The molecular formula is C6H5ClN. The van der Waals surface area contributed by atoms with Crippen LogP contribution in [0.25, 0.3) is 0 Å². The van der Waals surface area contributed by atoms with Crippen molar-refractivity contribution in [1.82, 2.24) is 4.98 Å². The van der Waals surface area contributed by atoms with Gasteiger partial charge in [0.2, 0.25) is 0 Å². The summed E-state index contributed by atoms with van der Waals surface area (Å²) in [6, 6.07) is 5.48. The Morgan fingerprint density at radius 2 is 2.62 bits per heavy atom. The fourth-order valence-corrected chi connectivity index (χ4v) is 0.583. The third kappa shape index (κ3) is 1.20. The van der Waals surface area contributed by atoms with Crippen molar-refractivity contribution in [1.29, 1.82) is 0 Å². The van der Waals surface area contributed by atoms with E-state index in [1.54, 1.807) is 6.07 Å². The molecule has 1 radical (unpaired) electrons. The van der Waals surface area contributed by atoms with E-state index in [0.29, 0.717) is 5.88 Å². The topological polar surface area (TPSA) is 12.9 Å². The summed E-state index contributed by atoms with van der Waals surface area (Å²) in [4.78, 5) is 3.84. The Labute approximate surface area is 53.3 Å². The van der Waals surface area contributed by atoms with Crippen LogP contribution in [-0.4, -0.2) is 4.98 Å². The van der Waals surface area contributed by atoms with E-state index in [0.717, 1.165) is 5.69 Å². The standard InChI is InChI=1S/C6H5ClN/c7-5-6-3-1-2-4-8-6/h1-3H,5H2. The van der Waals surface area contributed by atoms with Crippen molar-refractivity contribution in [3.63, 3.8) is 0 Å². The van der Waals surface area contributed by atoms with Gasteiger partial charge >= 0.3 is 0 Å². The summed E-state index contributed by atoms with van der Waals surface area (Å²) in [7, 11) is 0. The lowest BCUT2D eigenvalue weighted by Gasteiger charge is -1.86. The van der Waals surface area contributed by atoms with Crippen molar-refractivity contribution in [3.8, 4) is 0 Å². The van der Waals surface area contributed by atoms with Crippen LogP contribution in [0.2, 0.25) is 0 Å². The second-order valence-electron chi connectivity index (χ2n) is 1.39. The molecule has 0 bridgehead atoms. The zero-order valence-electron chi connectivity index (χ0n) is 4.26.